The van der Waals surface area contributed by atoms with Crippen LogP contribution in [0.3, 0.4) is 0 Å². The molecule has 1 aliphatic carbocycles. The Morgan fingerprint density at radius 3 is 3.00 bits per heavy atom. The molecule has 3 rings (SSSR count). The van der Waals surface area contributed by atoms with Crippen molar-refractivity contribution in [3.8, 4) is 0 Å². The number of hydrogen-bond acceptors (Lipinski definition) is 2. The molecule has 0 bridgehead atoms. The molecule has 90 valence electrons. The number of nitrogens with one attached hydrogen (secondary N) is 3. The van der Waals surface area contributed by atoms with E-state index in [2.05, 4.69) is 10.7 Å². The lowest BCUT2D eigenvalue weighted by molar-refractivity contribution is 0.748. The second-order valence-corrected chi connectivity index (χ2v) is 4.95. The van der Waals surface area contributed by atoms with E-state index in [0.29, 0.717) is 12.0 Å². The van der Waals surface area contributed by atoms with Gasteiger partial charge in [0.05, 0.1) is 5.69 Å². The van der Waals surface area contributed by atoms with Gasteiger partial charge in [-0.15, -0.1) is 0 Å². The predicted octanol–water partition coefficient (Wildman–Crippen LogP) is 1.89. The van der Waals surface area contributed by atoms with Gasteiger partial charge in [0.2, 0.25) is 5.96 Å². The van der Waals surface area contributed by atoms with Crippen LogP contribution in [0.1, 0.15) is 18.4 Å². The van der Waals surface area contributed by atoms with Gasteiger partial charge >= 0.3 is 0 Å². The molecule has 3 N–H and O–H groups in total. The second kappa shape index (κ2) is 4.11. The summed E-state index contributed by atoms with van der Waals surface area (Å²) in [6.07, 6.45) is 3.28. The molecule has 0 unspecified atom stereocenters. The highest BCUT2D eigenvalue weighted by atomic mass is 35.5. The SMILES string of the molecule is N=C(NC1CC1)NN1CCc2c(Cl)cccc21. The van der Waals surface area contributed by atoms with Crippen molar-refractivity contribution in [1.82, 2.24) is 10.7 Å². The van der Waals surface area contributed by atoms with Gasteiger partial charge in [0, 0.05) is 17.6 Å². The van der Waals surface area contributed by atoms with E-state index in [-0.39, 0.29) is 0 Å². The van der Waals surface area contributed by atoms with E-state index in [0.717, 1.165) is 23.7 Å². The molecule has 0 spiro atoms. The molecule has 1 saturated carbocycles. The third-order valence-electron chi connectivity index (χ3n) is 3.14. The van der Waals surface area contributed by atoms with Crippen molar-refractivity contribution in [3.63, 3.8) is 0 Å². The number of guanidine groups is 1. The molecule has 0 saturated heterocycles. The van der Waals surface area contributed by atoms with E-state index >= 15 is 0 Å². The van der Waals surface area contributed by atoms with Gasteiger partial charge in [-0.1, -0.05) is 17.7 Å². The van der Waals surface area contributed by atoms with Crippen LogP contribution in [0.15, 0.2) is 18.2 Å². The Morgan fingerprint density at radius 1 is 1.41 bits per heavy atom. The van der Waals surface area contributed by atoms with E-state index in [1.807, 2.05) is 23.2 Å². The van der Waals surface area contributed by atoms with Crippen LogP contribution < -0.4 is 15.8 Å². The Labute approximate surface area is 105 Å². The summed E-state index contributed by atoms with van der Waals surface area (Å²) in [5.41, 5.74) is 5.33. The van der Waals surface area contributed by atoms with Crippen LogP contribution >= 0.6 is 11.6 Å². The van der Waals surface area contributed by atoms with E-state index in [1.54, 1.807) is 0 Å². The first-order valence-corrected chi connectivity index (χ1v) is 6.28. The minimum absolute atomic E-state index is 0.375. The van der Waals surface area contributed by atoms with Crippen LogP contribution in [0.5, 0.6) is 0 Å². The van der Waals surface area contributed by atoms with E-state index in [4.69, 9.17) is 17.0 Å². The molecule has 1 fully saturated rings. The molecule has 0 radical (unpaired) electrons. The van der Waals surface area contributed by atoms with Crippen LogP contribution in [-0.2, 0) is 6.42 Å². The lowest BCUT2D eigenvalue weighted by atomic mass is 10.2. The topological polar surface area (TPSA) is 51.2 Å². The lowest BCUT2D eigenvalue weighted by Crippen LogP contribution is -2.47. The van der Waals surface area contributed by atoms with Crippen molar-refractivity contribution in [1.29, 1.82) is 5.41 Å². The first-order chi connectivity index (χ1) is 8.24. The van der Waals surface area contributed by atoms with Gasteiger partial charge in [0.15, 0.2) is 0 Å². The van der Waals surface area contributed by atoms with Crippen LogP contribution in [0.4, 0.5) is 5.69 Å². The zero-order valence-corrected chi connectivity index (χ0v) is 10.2. The number of hydrazine groups is 1. The largest absolute Gasteiger partial charge is 0.352 e. The molecular formula is C12H15ClN4. The van der Waals surface area contributed by atoms with Gasteiger partial charge in [0.1, 0.15) is 0 Å². The molecule has 4 nitrogen and oxygen atoms in total. The number of halogens is 1. The van der Waals surface area contributed by atoms with Crippen molar-refractivity contribution in [2.45, 2.75) is 25.3 Å². The first-order valence-electron chi connectivity index (χ1n) is 5.91. The number of rotatable bonds is 2. The third-order valence-corrected chi connectivity index (χ3v) is 3.50. The third kappa shape index (κ3) is 2.17. The van der Waals surface area contributed by atoms with Gasteiger partial charge in [-0.2, -0.15) is 0 Å². The molecule has 1 aliphatic heterocycles. The van der Waals surface area contributed by atoms with Crippen molar-refractivity contribution < 1.29 is 0 Å². The van der Waals surface area contributed by atoms with E-state index in [9.17, 15) is 0 Å². The minimum atomic E-state index is 0.375. The Kier molecular flexibility index (Phi) is 2.59. The van der Waals surface area contributed by atoms with E-state index < -0.39 is 0 Å². The molecular weight excluding hydrogens is 236 g/mol. The average Bonchev–Trinajstić information content (AvgIpc) is 3.00. The molecule has 17 heavy (non-hydrogen) atoms. The summed E-state index contributed by atoms with van der Waals surface area (Å²) < 4.78 is 0. The van der Waals surface area contributed by atoms with Crippen LogP contribution in [0.25, 0.3) is 0 Å². The fourth-order valence-electron chi connectivity index (χ4n) is 2.11. The zero-order chi connectivity index (χ0) is 11.8. The summed E-state index contributed by atoms with van der Waals surface area (Å²) in [5, 5.41) is 13.7. The Balaban J connectivity index is 1.70. The molecule has 0 atom stereocenters. The molecule has 0 amide bonds. The lowest BCUT2D eigenvalue weighted by Gasteiger charge is -2.22. The number of benzene rings is 1. The Hall–Kier alpha value is -1.42. The number of hydrogen-bond donors (Lipinski definition) is 3. The van der Waals surface area contributed by atoms with Gasteiger partial charge in [-0.05, 0) is 37.0 Å². The van der Waals surface area contributed by atoms with Gasteiger partial charge in [-0.25, -0.2) is 0 Å². The molecule has 1 aromatic carbocycles. The van der Waals surface area contributed by atoms with Crippen LogP contribution in [0.2, 0.25) is 5.02 Å². The maximum absolute atomic E-state index is 7.82. The Morgan fingerprint density at radius 2 is 2.24 bits per heavy atom. The standard InChI is InChI=1S/C12H15ClN4/c13-10-2-1-3-11-9(10)6-7-17(11)16-12(14)15-8-4-5-8/h1-3,8H,4-7H2,(H3,14,15,16). The van der Waals surface area contributed by atoms with Gasteiger partial charge < -0.3 is 5.32 Å². The summed E-state index contributed by atoms with van der Waals surface area (Å²) in [4.78, 5) is 0. The van der Waals surface area contributed by atoms with Crippen LogP contribution in [-0.4, -0.2) is 18.5 Å². The quantitative estimate of drug-likeness (QED) is 0.555. The number of fused-ring (bicyclic) bond motifs is 1. The van der Waals surface area contributed by atoms with Crippen molar-refractivity contribution >= 4 is 23.2 Å². The summed E-state index contributed by atoms with van der Waals surface area (Å²) >= 11 is 6.14. The van der Waals surface area contributed by atoms with E-state index in [1.165, 1.54) is 18.4 Å². The van der Waals surface area contributed by atoms with Crippen molar-refractivity contribution in [2.24, 2.45) is 0 Å². The van der Waals surface area contributed by atoms with Crippen LogP contribution in [0, 0.1) is 5.41 Å². The van der Waals surface area contributed by atoms with Crippen molar-refractivity contribution in [2.75, 3.05) is 11.6 Å². The highest BCUT2D eigenvalue weighted by Gasteiger charge is 2.25. The monoisotopic (exact) mass is 250 g/mol. The normalized spacial score (nSPS) is 17.8. The van der Waals surface area contributed by atoms with Gasteiger partial charge in [-0.3, -0.25) is 15.8 Å². The summed E-state index contributed by atoms with van der Waals surface area (Å²) in [5.74, 6) is 0.375. The minimum Gasteiger partial charge on any atom is -0.352 e. The molecule has 1 heterocycles. The van der Waals surface area contributed by atoms with Crippen molar-refractivity contribution in [3.05, 3.63) is 28.8 Å². The fourth-order valence-corrected chi connectivity index (χ4v) is 2.37. The number of nitrogens with zero attached hydrogens (tertiary/aromatic N) is 1. The smallest absolute Gasteiger partial charge is 0.207 e. The maximum atomic E-state index is 7.82. The summed E-state index contributed by atoms with van der Waals surface area (Å²) in [6.45, 7) is 0.855. The molecule has 5 heteroatoms. The number of anilines is 1. The predicted molar refractivity (Wildman–Crippen MR) is 69.5 cm³/mol. The molecule has 2 aliphatic rings. The highest BCUT2D eigenvalue weighted by Crippen LogP contribution is 2.32. The zero-order valence-electron chi connectivity index (χ0n) is 9.46. The molecule has 1 aromatic rings. The first kappa shape index (κ1) is 10.7. The second-order valence-electron chi connectivity index (χ2n) is 4.54. The average molecular weight is 251 g/mol. The highest BCUT2D eigenvalue weighted by molar-refractivity contribution is 6.31. The maximum Gasteiger partial charge on any atom is 0.207 e. The van der Waals surface area contributed by atoms with Gasteiger partial charge in [0.25, 0.3) is 0 Å². The molecule has 0 aromatic heterocycles. The summed E-state index contributed by atoms with van der Waals surface area (Å²) in [6, 6.07) is 6.39. The Bertz CT molecular complexity index is 456. The summed E-state index contributed by atoms with van der Waals surface area (Å²) in [7, 11) is 0. The fraction of sp³-hybridized carbons (Fsp3) is 0.417.